The molecule has 2 heterocycles. The molecule has 5 amide bonds. The molecule has 1 atom stereocenters. The van der Waals surface area contributed by atoms with Crippen LogP contribution in [-0.2, 0) is 20.8 Å². The Morgan fingerprint density at radius 3 is 2.59 bits per heavy atom. The fourth-order valence-electron chi connectivity index (χ4n) is 4.43. The van der Waals surface area contributed by atoms with Gasteiger partial charge in [-0.2, -0.15) is 0 Å². The summed E-state index contributed by atoms with van der Waals surface area (Å²) in [7, 11) is 0. The summed E-state index contributed by atoms with van der Waals surface area (Å²) in [5.74, 6) is -2.11. The highest BCUT2D eigenvalue weighted by Gasteiger charge is 2.46. The SMILES string of the molecule is C[C@@H]1Cc2ccccc2N1C(=O)CN1C(=O)C(=O)N(CCC2=CCCCC2)C1=O. The van der Waals surface area contributed by atoms with E-state index in [0.717, 1.165) is 53.2 Å². The Kier molecular flexibility index (Phi) is 5.22. The van der Waals surface area contributed by atoms with E-state index in [9.17, 15) is 19.2 Å². The summed E-state index contributed by atoms with van der Waals surface area (Å²) in [4.78, 5) is 53.7. The van der Waals surface area contributed by atoms with E-state index in [1.807, 2.05) is 31.2 Å². The number of hydrogen-bond donors (Lipinski definition) is 0. The molecule has 2 aliphatic heterocycles. The predicted octanol–water partition coefficient (Wildman–Crippen LogP) is 2.65. The number of carbonyl (C=O) groups is 4. The third-order valence-corrected chi connectivity index (χ3v) is 5.95. The molecule has 1 aromatic rings. The first-order valence-electron chi connectivity index (χ1n) is 10.2. The van der Waals surface area contributed by atoms with E-state index in [1.165, 1.54) is 5.57 Å². The summed E-state index contributed by atoms with van der Waals surface area (Å²) < 4.78 is 0. The van der Waals surface area contributed by atoms with Crippen LogP contribution in [0.1, 0.15) is 44.6 Å². The zero-order chi connectivity index (χ0) is 20.5. The highest BCUT2D eigenvalue weighted by atomic mass is 16.2. The number of urea groups is 1. The molecule has 0 aromatic heterocycles. The third kappa shape index (κ3) is 3.57. The molecule has 7 heteroatoms. The zero-order valence-electron chi connectivity index (χ0n) is 16.6. The van der Waals surface area contributed by atoms with E-state index < -0.39 is 24.4 Å². The first kappa shape index (κ1) is 19.4. The highest BCUT2D eigenvalue weighted by molar-refractivity contribution is 6.45. The minimum absolute atomic E-state index is 0.0576. The van der Waals surface area contributed by atoms with E-state index in [0.29, 0.717) is 6.42 Å². The molecule has 0 bridgehead atoms. The lowest BCUT2D eigenvalue weighted by atomic mass is 9.97. The van der Waals surface area contributed by atoms with Crippen molar-refractivity contribution in [2.24, 2.45) is 0 Å². The van der Waals surface area contributed by atoms with Gasteiger partial charge in [0.25, 0.3) is 0 Å². The Bertz CT molecular complexity index is 907. The highest BCUT2D eigenvalue weighted by Crippen LogP contribution is 2.32. The van der Waals surface area contributed by atoms with Crippen molar-refractivity contribution < 1.29 is 19.2 Å². The van der Waals surface area contributed by atoms with Gasteiger partial charge in [-0.1, -0.05) is 29.8 Å². The van der Waals surface area contributed by atoms with E-state index >= 15 is 0 Å². The lowest BCUT2D eigenvalue weighted by Gasteiger charge is -2.24. The summed E-state index contributed by atoms with van der Waals surface area (Å²) >= 11 is 0. The van der Waals surface area contributed by atoms with Crippen LogP contribution >= 0.6 is 0 Å². The Labute approximate surface area is 169 Å². The lowest BCUT2D eigenvalue weighted by molar-refractivity contribution is -0.143. The maximum absolute atomic E-state index is 12.9. The second kappa shape index (κ2) is 7.81. The van der Waals surface area contributed by atoms with Gasteiger partial charge in [0.1, 0.15) is 6.54 Å². The number of anilines is 1. The lowest BCUT2D eigenvalue weighted by Crippen LogP contribution is -2.45. The number of benzene rings is 1. The Hall–Kier alpha value is -2.96. The number of amides is 5. The molecular formula is C22H25N3O4. The maximum Gasteiger partial charge on any atom is 0.334 e. The molecule has 0 radical (unpaired) electrons. The smallest absolute Gasteiger partial charge is 0.307 e. The molecule has 0 spiro atoms. The standard InChI is InChI=1S/C22H25N3O4/c1-15-13-17-9-5-6-10-18(17)25(15)19(26)14-24-21(28)20(27)23(22(24)29)12-11-16-7-3-2-4-8-16/h5-7,9-10,15H,2-4,8,11-14H2,1H3/t15-/m1/s1. The number of fused-ring (bicyclic) bond motifs is 1. The topological polar surface area (TPSA) is 78.0 Å². The van der Waals surface area contributed by atoms with Crippen LogP contribution in [0.25, 0.3) is 0 Å². The van der Waals surface area contributed by atoms with Crippen LogP contribution in [0, 0.1) is 0 Å². The predicted molar refractivity (Wildman–Crippen MR) is 107 cm³/mol. The van der Waals surface area contributed by atoms with Crippen molar-refractivity contribution in [3.05, 3.63) is 41.5 Å². The van der Waals surface area contributed by atoms with Gasteiger partial charge < -0.3 is 4.90 Å². The van der Waals surface area contributed by atoms with Crippen LogP contribution in [0.5, 0.6) is 0 Å². The summed E-state index contributed by atoms with van der Waals surface area (Å²) in [6.45, 7) is 1.70. The fraction of sp³-hybridized carbons (Fsp3) is 0.455. The zero-order valence-corrected chi connectivity index (χ0v) is 16.6. The molecule has 1 aromatic carbocycles. The summed E-state index contributed by atoms with van der Waals surface area (Å²) in [6, 6.07) is 6.86. The van der Waals surface area contributed by atoms with Crippen molar-refractivity contribution in [1.82, 2.24) is 9.80 Å². The van der Waals surface area contributed by atoms with Crippen molar-refractivity contribution in [3.8, 4) is 0 Å². The van der Waals surface area contributed by atoms with Crippen LogP contribution < -0.4 is 4.90 Å². The quantitative estimate of drug-likeness (QED) is 0.436. The minimum atomic E-state index is -0.916. The third-order valence-electron chi connectivity index (χ3n) is 5.95. The first-order chi connectivity index (χ1) is 14.0. The largest absolute Gasteiger partial charge is 0.334 e. The number of allylic oxidation sites excluding steroid dienone is 1. The van der Waals surface area contributed by atoms with Crippen molar-refractivity contribution in [2.45, 2.75) is 51.5 Å². The molecule has 1 aliphatic carbocycles. The number of nitrogens with zero attached hydrogens (tertiary/aromatic N) is 3. The number of imide groups is 2. The average molecular weight is 395 g/mol. The minimum Gasteiger partial charge on any atom is -0.307 e. The van der Waals surface area contributed by atoms with Gasteiger partial charge in [0, 0.05) is 18.3 Å². The number of rotatable bonds is 5. The molecule has 0 unspecified atom stereocenters. The molecule has 1 fully saturated rings. The Morgan fingerprint density at radius 1 is 1.07 bits per heavy atom. The van der Waals surface area contributed by atoms with E-state index in [2.05, 4.69) is 6.08 Å². The molecule has 4 rings (SSSR count). The van der Waals surface area contributed by atoms with Gasteiger partial charge in [-0.15, -0.1) is 0 Å². The summed E-state index contributed by atoms with van der Waals surface area (Å²) in [5.41, 5.74) is 3.09. The molecule has 29 heavy (non-hydrogen) atoms. The molecular weight excluding hydrogens is 370 g/mol. The number of carbonyl (C=O) groups excluding carboxylic acids is 4. The van der Waals surface area contributed by atoms with Crippen molar-refractivity contribution in [3.63, 3.8) is 0 Å². The van der Waals surface area contributed by atoms with E-state index in [1.54, 1.807) is 4.90 Å². The summed E-state index contributed by atoms with van der Waals surface area (Å²) in [6.07, 6.45) is 7.74. The number of para-hydroxylation sites is 1. The second-order valence-corrected chi connectivity index (χ2v) is 7.93. The first-order valence-corrected chi connectivity index (χ1v) is 10.2. The van der Waals surface area contributed by atoms with Crippen LogP contribution in [0.15, 0.2) is 35.9 Å². The van der Waals surface area contributed by atoms with Gasteiger partial charge in [-0.25, -0.2) is 9.69 Å². The second-order valence-electron chi connectivity index (χ2n) is 7.93. The van der Waals surface area contributed by atoms with Gasteiger partial charge in [0.2, 0.25) is 5.91 Å². The van der Waals surface area contributed by atoms with Gasteiger partial charge in [-0.3, -0.25) is 19.3 Å². The fourth-order valence-corrected chi connectivity index (χ4v) is 4.43. The van der Waals surface area contributed by atoms with Gasteiger partial charge in [-0.05, 0) is 57.1 Å². The van der Waals surface area contributed by atoms with Crippen LogP contribution in [0.4, 0.5) is 10.5 Å². The average Bonchev–Trinajstić information content (AvgIpc) is 3.16. The molecule has 7 nitrogen and oxygen atoms in total. The monoisotopic (exact) mass is 395 g/mol. The molecule has 152 valence electrons. The van der Waals surface area contributed by atoms with Crippen molar-refractivity contribution in [2.75, 3.05) is 18.0 Å². The molecule has 0 N–H and O–H groups in total. The van der Waals surface area contributed by atoms with Crippen LogP contribution in [0.3, 0.4) is 0 Å². The van der Waals surface area contributed by atoms with Gasteiger partial charge >= 0.3 is 17.8 Å². The van der Waals surface area contributed by atoms with Gasteiger partial charge in [0.15, 0.2) is 0 Å². The van der Waals surface area contributed by atoms with E-state index in [4.69, 9.17) is 0 Å². The van der Waals surface area contributed by atoms with Crippen molar-refractivity contribution >= 4 is 29.4 Å². The summed E-state index contributed by atoms with van der Waals surface area (Å²) in [5, 5.41) is 0. The number of hydrogen-bond acceptors (Lipinski definition) is 4. The maximum atomic E-state index is 12.9. The van der Waals surface area contributed by atoms with E-state index in [-0.39, 0.29) is 18.5 Å². The van der Waals surface area contributed by atoms with Crippen LogP contribution in [-0.4, -0.2) is 52.7 Å². The van der Waals surface area contributed by atoms with Crippen molar-refractivity contribution in [1.29, 1.82) is 0 Å². The molecule has 0 saturated carbocycles. The molecule has 3 aliphatic rings. The molecule has 1 saturated heterocycles. The van der Waals surface area contributed by atoms with Crippen LogP contribution in [0.2, 0.25) is 0 Å². The van der Waals surface area contributed by atoms with Gasteiger partial charge in [0.05, 0.1) is 0 Å². The normalized spacial score (nSPS) is 21.7. The Balaban J connectivity index is 1.44. The Morgan fingerprint density at radius 2 is 1.83 bits per heavy atom.